The molecule has 0 fully saturated rings. The van der Waals surface area contributed by atoms with Gasteiger partial charge in [0.2, 0.25) is 0 Å². The summed E-state index contributed by atoms with van der Waals surface area (Å²) >= 11 is 0. The van der Waals surface area contributed by atoms with E-state index in [0.717, 1.165) is 6.42 Å². The van der Waals surface area contributed by atoms with Crippen LogP contribution in [0.3, 0.4) is 0 Å². The van der Waals surface area contributed by atoms with E-state index in [1.807, 2.05) is 0 Å². The highest BCUT2D eigenvalue weighted by atomic mass is 14.4. The minimum Gasteiger partial charge on any atom is -0.0775 e. The fraction of sp³-hybridized carbons (Fsp3) is 0.429. The van der Waals surface area contributed by atoms with Gasteiger partial charge < -0.3 is 0 Å². The first-order valence-electron chi connectivity index (χ1n) is 5.45. The maximum absolute atomic E-state index is 2.38. The van der Waals surface area contributed by atoms with Crippen LogP contribution in [0.5, 0.6) is 0 Å². The molecule has 0 nitrogen and oxygen atoms in total. The zero-order chi connectivity index (χ0) is 10.2. The average molecular weight is 186 g/mol. The molecule has 0 heterocycles. The number of allylic oxidation sites excluding steroid dienone is 8. The Hall–Kier alpha value is -1.04. The lowest BCUT2D eigenvalue weighted by atomic mass is 9.72. The van der Waals surface area contributed by atoms with Crippen LogP contribution in [0.4, 0.5) is 0 Å². The number of rotatable bonds is 2. The van der Waals surface area contributed by atoms with Crippen LogP contribution in [-0.2, 0) is 0 Å². The van der Waals surface area contributed by atoms with Gasteiger partial charge in [-0.2, -0.15) is 0 Å². The van der Waals surface area contributed by atoms with Crippen LogP contribution in [-0.4, -0.2) is 0 Å². The van der Waals surface area contributed by atoms with Crippen LogP contribution in [0.15, 0.2) is 47.1 Å². The van der Waals surface area contributed by atoms with Gasteiger partial charge in [-0.25, -0.2) is 0 Å². The van der Waals surface area contributed by atoms with Gasteiger partial charge in [-0.05, 0) is 32.3 Å². The Bertz CT molecular complexity index is 363. The average Bonchev–Trinajstić information content (AvgIpc) is 2.73. The van der Waals surface area contributed by atoms with Gasteiger partial charge in [0.1, 0.15) is 0 Å². The molecule has 0 spiro atoms. The van der Waals surface area contributed by atoms with Gasteiger partial charge in [0, 0.05) is 5.41 Å². The lowest BCUT2D eigenvalue weighted by Gasteiger charge is -2.31. The molecule has 2 aliphatic carbocycles. The van der Waals surface area contributed by atoms with E-state index in [1.54, 1.807) is 0 Å². The molecular weight excluding hydrogens is 168 g/mol. The van der Waals surface area contributed by atoms with Gasteiger partial charge in [-0.15, -0.1) is 0 Å². The summed E-state index contributed by atoms with van der Waals surface area (Å²) in [6.07, 6.45) is 13.8. The molecule has 0 N–H and O–H groups in total. The molecule has 74 valence electrons. The first-order chi connectivity index (χ1) is 6.70. The Labute approximate surface area is 86.7 Å². The predicted octanol–water partition coefficient (Wildman–Crippen LogP) is 4.18. The third-order valence-corrected chi connectivity index (χ3v) is 3.64. The maximum Gasteiger partial charge on any atom is 0.0341 e. The number of hydrogen-bond acceptors (Lipinski definition) is 0. The molecule has 0 saturated carbocycles. The molecule has 2 aliphatic rings. The summed E-state index contributed by atoms with van der Waals surface area (Å²) in [7, 11) is 0. The Morgan fingerprint density at radius 3 is 2.50 bits per heavy atom. The molecule has 0 aromatic rings. The van der Waals surface area contributed by atoms with Crippen molar-refractivity contribution >= 4 is 0 Å². The Balaban J connectivity index is 2.45. The highest BCUT2D eigenvalue weighted by Crippen LogP contribution is 2.47. The third-order valence-electron chi connectivity index (χ3n) is 3.64. The quantitative estimate of drug-likeness (QED) is 0.607. The monoisotopic (exact) mass is 186 g/mol. The van der Waals surface area contributed by atoms with E-state index in [9.17, 15) is 0 Å². The molecule has 2 rings (SSSR count). The van der Waals surface area contributed by atoms with E-state index in [2.05, 4.69) is 51.2 Å². The SMILES string of the molecule is CCC1(C2=CCC=C2C)C=CC=C1C. The summed E-state index contributed by atoms with van der Waals surface area (Å²) < 4.78 is 0. The second kappa shape index (κ2) is 3.27. The van der Waals surface area contributed by atoms with Gasteiger partial charge in [0.05, 0.1) is 0 Å². The number of hydrogen-bond donors (Lipinski definition) is 0. The van der Waals surface area contributed by atoms with E-state index in [0.29, 0.717) is 0 Å². The van der Waals surface area contributed by atoms with Gasteiger partial charge in [0.15, 0.2) is 0 Å². The van der Waals surface area contributed by atoms with Crippen LogP contribution in [0.2, 0.25) is 0 Å². The largest absolute Gasteiger partial charge is 0.0775 e. The van der Waals surface area contributed by atoms with E-state index >= 15 is 0 Å². The summed E-state index contributed by atoms with van der Waals surface area (Å²) in [6.45, 7) is 6.76. The van der Waals surface area contributed by atoms with Crippen molar-refractivity contribution in [2.45, 2.75) is 33.6 Å². The van der Waals surface area contributed by atoms with E-state index in [4.69, 9.17) is 0 Å². The van der Waals surface area contributed by atoms with Crippen molar-refractivity contribution < 1.29 is 0 Å². The highest BCUT2D eigenvalue weighted by Gasteiger charge is 2.34. The predicted molar refractivity (Wildman–Crippen MR) is 62.1 cm³/mol. The fourth-order valence-electron chi connectivity index (χ4n) is 2.68. The second-order valence-electron chi connectivity index (χ2n) is 4.27. The molecule has 0 saturated heterocycles. The molecule has 0 amide bonds. The lowest BCUT2D eigenvalue weighted by Crippen LogP contribution is -2.19. The molecule has 0 aliphatic heterocycles. The van der Waals surface area contributed by atoms with Crippen molar-refractivity contribution in [1.29, 1.82) is 0 Å². The smallest absolute Gasteiger partial charge is 0.0341 e. The molecule has 0 heteroatoms. The molecule has 1 atom stereocenters. The summed E-state index contributed by atoms with van der Waals surface area (Å²) in [4.78, 5) is 0. The van der Waals surface area contributed by atoms with Gasteiger partial charge >= 0.3 is 0 Å². The summed E-state index contributed by atoms with van der Waals surface area (Å²) in [5.74, 6) is 0. The van der Waals surface area contributed by atoms with Crippen LogP contribution in [0.1, 0.15) is 33.6 Å². The third kappa shape index (κ3) is 1.13. The van der Waals surface area contributed by atoms with Gasteiger partial charge in [-0.3, -0.25) is 0 Å². The first kappa shape index (κ1) is 9.51. The normalized spacial score (nSPS) is 30.4. The van der Waals surface area contributed by atoms with E-state index in [1.165, 1.54) is 23.1 Å². The van der Waals surface area contributed by atoms with Crippen molar-refractivity contribution in [1.82, 2.24) is 0 Å². The van der Waals surface area contributed by atoms with Crippen molar-refractivity contribution in [3.05, 3.63) is 47.1 Å². The van der Waals surface area contributed by atoms with Gasteiger partial charge in [0.25, 0.3) is 0 Å². The molecule has 0 aromatic heterocycles. The van der Waals surface area contributed by atoms with Crippen LogP contribution in [0.25, 0.3) is 0 Å². The van der Waals surface area contributed by atoms with Gasteiger partial charge in [-0.1, -0.05) is 48.5 Å². The highest BCUT2D eigenvalue weighted by molar-refractivity contribution is 5.52. The lowest BCUT2D eigenvalue weighted by molar-refractivity contribution is 0.542. The molecule has 0 radical (unpaired) electrons. The minimum atomic E-state index is 0.219. The van der Waals surface area contributed by atoms with Crippen LogP contribution in [0, 0.1) is 5.41 Å². The van der Waals surface area contributed by atoms with E-state index < -0.39 is 0 Å². The standard InChI is InChI=1S/C14H18/c1-4-14(10-6-8-12(14)3)13-9-5-7-11(13)2/h6-10H,4-5H2,1-3H3. The zero-order valence-electron chi connectivity index (χ0n) is 9.30. The Morgan fingerprint density at radius 2 is 2.07 bits per heavy atom. The van der Waals surface area contributed by atoms with Crippen molar-refractivity contribution in [2.75, 3.05) is 0 Å². The summed E-state index contributed by atoms with van der Waals surface area (Å²) in [5.41, 5.74) is 4.70. The minimum absolute atomic E-state index is 0.219. The van der Waals surface area contributed by atoms with Crippen molar-refractivity contribution in [3.8, 4) is 0 Å². The van der Waals surface area contributed by atoms with Crippen molar-refractivity contribution in [2.24, 2.45) is 5.41 Å². The van der Waals surface area contributed by atoms with Crippen LogP contribution < -0.4 is 0 Å². The molecular formula is C14H18. The summed E-state index contributed by atoms with van der Waals surface area (Å²) in [5, 5.41) is 0. The Kier molecular flexibility index (Phi) is 2.22. The molecule has 14 heavy (non-hydrogen) atoms. The first-order valence-corrected chi connectivity index (χ1v) is 5.45. The topological polar surface area (TPSA) is 0 Å². The van der Waals surface area contributed by atoms with Crippen LogP contribution >= 0.6 is 0 Å². The zero-order valence-corrected chi connectivity index (χ0v) is 9.30. The van der Waals surface area contributed by atoms with Crippen molar-refractivity contribution in [3.63, 3.8) is 0 Å². The molecule has 0 aromatic carbocycles. The summed E-state index contributed by atoms with van der Waals surface area (Å²) in [6, 6.07) is 0. The molecule has 1 unspecified atom stereocenters. The Morgan fingerprint density at radius 1 is 1.29 bits per heavy atom. The maximum atomic E-state index is 2.38. The van der Waals surface area contributed by atoms with E-state index in [-0.39, 0.29) is 5.41 Å². The fourth-order valence-corrected chi connectivity index (χ4v) is 2.68. The molecule has 0 bridgehead atoms. The second-order valence-corrected chi connectivity index (χ2v) is 4.27.